The third-order valence-corrected chi connectivity index (χ3v) is 7.67. The molecule has 3 heterocycles. The van der Waals surface area contributed by atoms with Gasteiger partial charge in [0.05, 0.1) is 16.9 Å². The molecule has 6 N–H and O–H groups in total. The minimum atomic E-state index is -3.16. The van der Waals surface area contributed by atoms with Gasteiger partial charge in [-0.15, -0.1) is 0 Å². The van der Waals surface area contributed by atoms with Gasteiger partial charge in [-0.2, -0.15) is 8.78 Å². The molecule has 10 nitrogen and oxygen atoms in total. The highest BCUT2D eigenvalue weighted by atomic mass is 32.1. The average molecular weight is 588 g/mol. The number of aliphatic hydroxyl groups is 1. The first-order chi connectivity index (χ1) is 19.3. The second-order valence-corrected chi connectivity index (χ2v) is 11.0. The lowest BCUT2D eigenvalue weighted by molar-refractivity contribution is -0.123. The summed E-state index contributed by atoms with van der Waals surface area (Å²) in [5, 5.41) is 14.1. The molecule has 1 aliphatic rings. The zero-order valence-corrected chi connectivity index (χ0v) is 22.5. The fraction of sp³-hybridized carbons (Fsp3) is 0.259. The van der Waals surface area contributed by atoms with Crippen molar-refractivity contribution in [2.75, 3.05) is 18.9 Å². The Hall–Kier alpha value is -4.43. The van der Waals surface area contributed by atoms with Crippen LogP contribution in [0.3, 0.4) is 0 Å². The Morgan fingerprint density at radius 1 is 1.24 bits per heavy atom. The summed E-state index contributed by atoms with van der Waals surface area (Å²) >= 11 is 0.989. The van der Waals surface area contributed by atoms with Gasteiger partial charge in [-0.05, 0) is 56.3 Å². The fourth-order valence-electron chi connectivity index (χ4n) is 4.44. The van der Waals surface area contributed by atoms with Gasteiger partial charge in [0, 0.05) is 16.7 Å². The smallest absolute Gasteiger partial charge is 0.387 e. The number of pyridine rings is 1. The van der Waals surface area contributed by atoms with Crippen LogP contribution in [0.5, 0.6) is 11.5 Å². The van der Waals surface area contributed by atoms with E-state index in [2.05, 4.69) is 20.0 Å². The maximum Gasteiger partial charge on any atom is 0.387 e. The number of amides is 2. The predicted octanol–water partition coefficient (Wildman–Crippen LogP) is 3.45. The Morgan fingerprint density at radius 2 is 1.95 bits per heavy atom. The van der Waals surface area contributed by atoms with Crippen LogP contribution >= 0.6 is 11.3 Å². The topological polar surface area (TPSA) is 163 Å². The average Bonchev–Trinajstić information content (AvgIpc) is 3.47. The lowest BCUT2D eigenvalue weighted by Crippen LogP contribution is -2.41. The van der Waals surface area contributed by atoms with E-state index in [4.69, 9.17) is 16.2 Å². The van der Waals surface area contributed by atoms with Gasteiger partial charge in [-0.3, -0.25) is 9.59 Å². The van der Waals surface area contributed by atoms with Gasteiger partial charge >= 0.3 is 6.61 Å². The van der Waals surface area contributed by atoms with Crippen LogP contribution < -0.4 is 26.3 Å². The summed E-state index contributed by atoms with van der Waals surface area (Å²) in [6, 6.07) is 9.42. The van der Waals surface area contributed by atoms with Crippen molar-refractivity contribution in [3.8, 4) is 22.8 Å². The summed E-state index contributed by atoms with van der Waals surface area (Å²) in [5.41, 5.74) is 9.55. The number of nitrogens with one attached hydrogen (secondary N) is 1. The van der Waals surface area contributed by atoms with Crippen molar-refractivity contribution < 1.29 is 37.3 Å². The second-order valence-electron chi connectivity index (χ2n) is 9.93. The number of rotatable bonds is 8. The van der Waals surface area contributed by atoms with Gasteiger partial charge in [-0.25, -0.2) is 14.4 Å². The van der Waals surface area contributed by atoms with E-state index in [9.17, 15) is 27.9 Å². The number of hydrogen-bond donors (Lipinski definition) is 4. The first-order valence-electron chi connectivity index (χ1n) is 12.2. The van der Waals surface area contributed by atoms with Gasteiger partial charge in [0.15, 0.2) is 10.9 Å². The molecular weight excluding hydrogens is 563 g/mol. The first kappa shape index (κ1) is 28.1. The molecular formula is C27H24F3N5O5S. The van der Waals surface area contributed by atoms with Crippen LogP contribution in [0.1, 0.15) is 35.5 Å². The minimum absolute atomic E-state index is 0.0313. The van der Waals surface area contributed by atoms with Crippen LogP contribution in [0.25, 0.3) is 21.5 Å². The van der Waals surface area contributed by atoms with Crippen LogP contribution in [0.15, 0.2) is 42.5 Å². The molecule has 1 aliphatic heterocycles. The summed E-state index contributed by atoms with van der Waals surface area (Å²) < 4.78 is 50.3. The Labute approximate surface area is 235 Å². The molecule has 14 heteroatoms. The quantitative estimate of drug-likeness (QED) is 0.244. The number of halogens is 3. The number of nitrogen functional groups attached to an aromatic ring is 1. The summed E-state index contributed by atoms with van der Waals surface area (Å²) in [4.78, 5) is 34.0. The molecule has 0 fully saturated rings. The van der Waals surface area contributed by atoms with Crippen LogP contribution in [0.2, 0.25) is 0 Å². The number of primary amides is 1. The van der Waals surface area contributed by atoms with Crippen molar-refractivity contribution in [2.24, 2.45) is 5.73 Å². The van der Waals surface area contributed by atoms with E-state index in [1.807, 2.05) is 0 Å². The molecule has 5 rings (SSSR count). The van der Waals surface area contributed by atoms with Crippen molar-refractivity contribution in [2.45, 2.75) is 31.5 Å². The lowest BCUT2D eigenvalue weighted by atomic mass is 9.82. The highest BCUT2D eigenvalue weighted by molar-refractivity contribution is 7.22. The van der Waals surface area contributed by atoms with E-state index in [-0.39, 0.29) is 52.3 Å². The standard InChI is InChI=1S/C27H24F3N5O5S/c1-26(23(31)37)11-39-21-15(26)9-18(34-19(21)12-3-5-14(28)6-4-12)27(2,38)10-33-22(36)13-7-16(40-24(29)30)20-17(8-13)41-25(32)35-20/h3-9,24,38H,10-11H2,1-2H3,(H2,31,37)(H2,32,35)(H,33,36)/t26-,27-/m0/s1. The van der Waals surface area contributed by atoms with Crippen LogP contribution in [-0.4, -0.2) is 46.7 Å². The number of nitrogens with two attached hydrogens (primary N) is 2. The van der Waals surface area contributed by atoms with Crippen molar-refractivity contribution in [3.05, 3.63) is 65.1 Å². The summed E-state index contributed by atoms with van der Waals surface area (Å²) in [6.45, 7) is -0.605. The van der Waals surface area contributed by atoms with E-state index in [0.29, 0.717) is 15.8 Å². The van der Waals surface area contributed by atoms with E-state index < -0.39 is 35.3 Å². The fourth-order valence-corrected chi connectivity index (χ4v) is 5.24. The van der Waals surface area contributed by atoms with E-state index in [1.165, 1.54) is 43.3 Å². The van der Waals surface area contributed by atoms with Crippen LogP contribution in [-0.2, 0) is 15.8 Å². The van der Waals surface area contributed by atoms with Gasteiger partial charge in [0.1, 0.15) is 40.4 Å². The minimum Gasteiger partial charge on any atom is -0.489 e. The molecule has 0 unspecified atom stereocenters. The highest BCUT2D eigenvalue weighted by Crippen LogP contribution is 2.45. The zero-order chi connectivity index (χ0) is 29.7. The molecule has 0 aliphatic carbocycles. The van der Waals surface area contributed by atoms with Gasteiger partial charge in [0.2, 0.25) is 5.91 Å². The van der Waals surface area contributed by atoms with Crippen molar-refractivity contribution in [3.63, 3.8) is 0 Å². The lowest BCUT2D eigenvalue weighted by Gasteiger charge is -2.26. The number of hydrogen-bond acceptors (Lipinski definition) is 9. The number of thiazole rings is 1. The number of carbonyl (C=O) groups is 2. The van der Waals surface area contributed by atoms with Crippen molar-refractivity contribution >= 4 is 38.5 Å². The maximum absolute atomic E-state index is 13.6. The molecule has 2 aromatic heterocycles. The molecule has 0 radical (unpaired) electrons. The molecule has 0 bridgehead atoms. The SMILES string of the molecule is C[C@](O)(CNC(=O)c1cc(OC(F)F)c2nc(N)sc2c1)c1cc2c(c(-c3ccc(F)cc3)n1)OC[C@]2(C)C(N)=O. The molecule has 0 saturated carbocycles. The van der Waals surface area contributed by atoms with E-state index >= 15 is 0 Å². The number of alkyl halides is 2. The summed E-state index contributed by atoms with van der Waals surface area (Å²) in [5.74, 6) is -1.89. The molecule has 0 spiro atoms. The summed E-state index contributed by atoms with van der Waals surface area (Å²) in [6.07, 6.45) is 0. The highest BCUT2D eigenvalue weighted by Gasteiger charge is 2.45. The normalized spacial score (nSPS) is 17.6. The Balaban J connectivity index is 1.48. The third kappa shape index (κ3) is 5.23. The number of anilines is 1. The largest absolute Gasteiger partial charge is 0.489 e. The molecule has 41 heavy (non-hydrogen) atoms. The molecule has 4 aromatic rings. The number of carbonyl (C=O) groups excluding carboxylic acids is 2. The van der Waals surface area contributed by atoms with Crippen molar-refractivity contribution in [1.29, 1.82) is 0 Å². The molecule has 0 saturated heterocycles. The van der Waals surface area contributed by atoms with Crippen molar-refractivity contribution in [1.82, 2.24) is 15.3 Å². The van der Waals surface area contributed by atoms with Gasteiger partial charge < -0.3 is 31.4 Å². The first-order valence-corrected chi connectivity index (χ1v) is 13.0. The number of ether oxygens (including phenoxy) is 2. The second kappa shape index (κ2) is 10.2. The summed E-state index contributed by atoms with van der Waals surface area (Å²) in [7, 11) is 0. The number of aromatic nitrogens is 2. The predicted molar refractivity (Wildman–Crippen MR) is 144 cm³/mol. The van der Waals surface area contributed by atoms with Crippen LogP contribution in [0.4, 0.5) is 18.3 Å². The number of fused-ring (bicyclic) bond motifs is 2. The van der Waals surface area contributed by atoms with E-state index in [1.54, 1.807) is 6.92 Å². The monoisotopic (exact) mass is 587 g/mol. The Morgan fingerprint density at radius 3 is 2.61 bits per heavy atom. The zero-order valence-electron chi connectivity index (χ0n) is 21.7. The van der Waals surface area contributed by atoms with Crippen LogP contribution in [0, 0.1) is 5.82 Å². The third-order valence-electron chi connectivity index (χ3n) is 6.83. The van der Waals surface area contributed by atoms with Gasteiger partial charge in [0.25, 0.3) is 5.91 Å². The van der Waals surface area contributed by atoms with E-state index in [0.717, 1.165) is 17.4 Å². The van der Waals surface area contributed by atoms with Gasteiger partial charge in [-0.1, -0.05) is 11.3 Å². The number of nitrogens with zero attached hydrogens (tertiary/aromatic N) is 2. The maximum atomic E-state index is 13.6. The number of benzene rings is 2. The Kier molecular flexibility index (Phi) is 6.99. The molecule has 2 atom stereocenters. The molecule has 214 valence electrons. The Bertz CT molecular complexity index is 1680. The molecule has 2 aromatic carbocycles. The molecule has 2 amide bonds.